The molecule has 3 aromatic carbocycles. The van der Waals surface area contributed by atoms with Gasteiger partial charge in [-0.2, -0.15) is 0 Å². The van der Waals surface area contributed by atoms with E-state index in [2.05, 4.69) is 40.5 Å². The largest absolute Gasteiger partial charge is 0.490 e. The van der Waals surface area contributed by atoms with E-state index in [9.17, 15) is 0 Å². The van der Waals surface area contributed by atoms with Crippen molar-refractivity contribution in [2.45, 2.75) is 45.5 Å². The second kappa shape index (κ2) is 15.6. The fourth-order valence-corrected chi connectivity index (χ4v) is 4.77. The molecule has 1 N–H and O–H groups in total. The highest BCUT2D eigenvalue weighted by Crippen LogP contribution is 2.37. The standard InChI is InChI=1S/C28H32Cl2N2O2.2ClH/c1-2-33-27-17-22(16-26(30)28(27)34-20-23-10-6-7-11-25(23)29)18-31-24-12-14-32(15-13-24)19-21-8-4-3-5-9-21;;/h3-11,16-17,24,31H,2,12-15,18-20H2,1H3;2*1H. The van der Waals surface area contributed by atoms with Gasteiger partial charge in [0.05, 0.1) is 11.6 Å². The Morgan fingerprint density at radius 1 is 0.861 bits per heavy atom. The molecule has 0 saturated carbocycles. The van der Waals surface area contributed by atoms with E-state index >= 15 is 0 Å². The van der Waals surface area contributed by atoms with Gasteiger partial charge in [0, 0.05) is 29.7 Å². The summed E-state index contributed by atoms with van der Waals surface area (Å²) < 4.78 is 11.9. The van der Waals surface area contributed by atoms with Gasteiger partial charge in [-0.1, -0.05) is 71.7 Å². The van der Waals surface area contributed by atoms with Gasteiger partial charge in [0.15, 0.2) is 11.5 Å². The Balaban J connectivity index is 0.00000228. The number of likely N-dealkylation sites (tertiary alicyclic amines) is 1. The summed E-state index contributed by atoms with van der Waals surface area (Å²) in [6, 6.07) is 22.8. The number of rotatable bonds is 10. The summed E-state index contributed by atoms with van der Waals surface area (Å²) in [6.07, 6.45) is 2.27. The molecule has 1 heterocycles. The van der Waals surface area contributed by atoms with Gasteiger partial charge >= 0.3 is 0 Å². The Bertz CT molecular complexity index is 1060. The van der Waals surface area contributed by atoms with E-state index in [4.69, 9.17) is 32.7 Å². The molecule has 1 fully saturated rings. The number of ether oxygens (including phenoxy) is 2. The quantitative estimate of drug-likeness (QED) is 0.272. The lowest BCUT2D eigenvalue weighted by atomic mass is 10.0. The monoisotopic (exact) mass is 570 g/mol. The SMILES string of the molecule is CCOc1cc(CNC2CCN(Cc3ccccc3)CC2)cc(Cl)c1OCc1ccccc1Cl.Cl.Cl. The van der Waals surface area contributed by atoms with Crippen molar-refractivity contribution in [1.82, 2.24) is 10.2 Å². The Kier molecular flexibility index (Phi) is 13.2. The third kappa shape index (κ3) is 8.72. The van der Waals surface area contributed by atoms with Crippen molar-refractivity contribution < 1.29 is 9.47 Å². The second-order valence-corrected chi connectivity index (χ2v) is 9.45. The van der Waals surface area contributed by atoms with Crippen LogP contribution in [0.4, 0.5) is 0 Å². The molecular weight excluding hydrogens is 538 g/mol. The van der Waals surface area contributed by atoms with Crippen LogP contribution < -0.4 is 14.8 Å². The molecule has 4 rings (SSSR count). The highest BCUT2D eigenvalue weighted by molar-refractivity contribution is 6.32. The predicted octanol–water partition coefficient (Wildman–Crippen LogP) is 7.57. The summed E-state index contributed by atoms with van der Waals surface area (Å²) in [5.41, 5.74) is 3.38. The predicted molar refractivity (Wildman–Crippen MR) is 154 cm³/mol. The summed E-state index contributed by atoms with van der Waals surface area (Å²) in [7, 11) is 0. The highest BCUT2D eigenvalue weighted by atomic mass is 35.5. The lowest BCUT2D eigenvalue weighted by molar-refractivity contribution is 0.190. The second-order valence-electron chi connectivity index (χ2n) is 8.63. The first-order valence-corrected chi connectivity index (χ1v) is 12.7. The molecule has 0 spiro atoms. The minimum atomic E-state index is 0. The van der Waals surface area contributed by atoms with E-state index in [0.29, 0.717) is 40.8 Å². The van der Waals surface area contributed by atoms with Crippen molar-refractivity contribution in [1.29, 1.82) is 0 Å². The molecule has 0 bridgehead atoms. The van der Waals surface area contributed by atoms with E-state index in [-0.39, 0.29) is 24.8 Å². The van der Waals surface area contributed by atoms with Crippen LogP contribution in [-0.2, 0) is 19.7 Å². The zero-order chi connectivity index (χ0) is 23.8. The van der Waals surface area contributed by atoms with Gasteiger partial charge in [-0.25, -0.2) is 0 Å². The Morgan fingerprint density at radius 3 is 2.25 bits per heavy atom. The normalized spacial score (nSPS) is 14.0. The maximum absolute atomic E-state index is 6.62. The van der Waals surface area contributed by atoms with Crippen molar-refractivity contribution in [3.05, 3.63) is 93.5 Å². The molecule has 4 nitrogen and oxygen atoms in total. The average Bonchev–Trinajstić information content (AvgIpc) is 2.85. The molecule has 0 unspecified atom stereocenters. The van der Waals surface area contributed by atoms with E-state index in [0.717, 1.165) is 50.1 Å². The zero-order valence-corrected chi connectivity index (χ0v) is 23.6. The number of hydrogen-bond donors (Lipinski definition) is 1. The van der Waals surface area contributed by atoms with E-state index < -0.39 is 0 Å². The van der Waals surface area contributed by atoms with Crippen LogP contribution in [0.3, 0.4) is 0 Å². The van der Waals surface area contributed by atoms with Gasteiger partial charge in [-0.05, 0) is 62.2 Å². The van der Waals surface area contributed by atoms with Gasteiger partial charge in [0.1, 0.15) is 6.61 Å². The topological polar surface area (TPSA) is 33.7 Å². The third-order valence-electron chi connectivity index (χ3n) is 6.13. The smallest absolute Gasteiger partial charge is 0.180 e. The molecule has 0 aliphatic carbocycles. The number of nitrogens with one attached hydrogen (secondary N) is 1. The van der Waals surface area contributed by atoms with Crippen LogP contribution in [0.1, 0.15) is 36.5 Å². The fraction of sp³-hybridized carbons (Fsp3) is 0.357. The van der Waals surface area contributed by atoms with E-state index in [1.54, 1.807) is 0 Å². The van der Waals surface area contributed by atoms with Crippen LogP contribution >= 0.6 is 48.0 Å². The Hall–Kier alpha value is -1.66. The molecule has 1 saturated heterocycles. The lowest BCUT2D eigenvalue weighted by Gasteiger charge is -2.32. The molecule has 0 aromatic heterocycles. The number of hydrogen-bond acceptors (Lipinski definition) is 4. The number of piperidine rings is 1. The van der Waals surface area contributed by atoms with Crippen molar-refractivity contribution in [2.75, 3.05) is 19.7 Å². The van der Waals surface area contributed by atoms with Crippen molar-refractivity contribution in [3.63, 3.8) is 0 Å². The Labute approximate surface area is 237 Å². The molecule has 3 aromatic rings. The van der Waals surface area contributed by atoms with Crippen molar-refractivity contribution in [3.8, 4) is 11.5 Å². The highest BCUT2D eigenvalue weighted by Gasteiger charge is 2.20. The van der Waals surface area contributed by atoms with Crippen LogP contribution in [0.25, 0.3) is 0 Å². The van der Waals surface area contributed by atoms with Crippen LogP contribution in [0, 0.1) is 0 Å². The van der Waals surface area contributed by atoms with Gasteiger partial charge in [-0.3, -0.25) is 4.90 Å². The van der Waals surface area contributed by atoms with Crippen molar-refractivity contribution >= 4 is 48.0 Å². The lowest BCUT2D eigenvalue weighted by Crippen LogP contribution is -2.41. The van der Waals surface area contributed by atoms with Gasteiger partial charge in [0.25, 0.3) is 0 Å². The summed E-state index contributed by atoms with van der Waals surface area (Å²) >= 11 is 12.9. The van der Waals surface area contributed by atoms with Crippen molar-refractivity contribution in [2.24, 2.45) is 0 Å². The molecule has 0 amide bonds. The van der Waals surface area contributed by atoms with Gasteiger partial charge in [-0.15, -0.1) is 24.8 Å². The summed E-state index contributed by atoms with van der Waals surface area (Å²) in [4.78, 5) is 2.53. The van der Waals surface area contributed by atoms with E-state index in [1.165, 1.54) is 5.56 Å². The first-order valence-electron chi connectivity index (χ1n) is 11.9. The van der Waals surface area contributed by atoms with Crippen LogP contribution in [0.2, 0.25) is 10.0 Å². The minimum Gasteiger partial charge on any atom is -0.490 e. The molecule has 0 atom stereocenters. The maximum Gasteiger partial charge on any atom is 0.180 e. The number of nitrogens with zero attached hydrogens (tertiary/aromatic N) is 1. The first kappa shape index (κ1) is 30.6. The van der Waals surface area contributed by atoms with Gasteiger partial charge in [0.2, 0.25) is 0 Å². The average molecular weight is 572 g/mol. The van der Waals surface area contributed by atoms with Gasteiger partial charge < -0.3 is 14.8 Å². The third-order valence-corrected chi connectivity index (χ3v) is 6.78. The van der Waals surface area contributed by atoms with Crippen LogP contribution in [-0.4, -0.2) is 30.6 Å². The molecule has 1 aliphatic heterocycles. The van der Waals surface area contributed by atoms with Crippen LogP contribution in [0.15, 0.2) is 66.7 Å². The summed E-state index contributed by atoms with van der Waals surface area (Å²) in [6.45, 7) is 6.80. The minimum absolute atomic E-state index is 0. The van der Waals surface area contributed by atoms with E-state index in [1.807, 2.05) is 43.3 Å². The Morgan fingerprint density at radius 2 is 1.56 bits per heavy atom. The summed E-state index contributed by atoms with van der Waals surface area (Å²) in [5, 5.41) is 4.93. The molecule has 1 aliphatic rings. The molecular formula is C28H34Cl4N2O2. The molecule has 8 heteroatoms. The zero-order valence-electron chi connectivity index (χ0n) is 20.4. The summed E-state index contributed by atoms with van der Waals surface area (Å²) in [5.74, 6) is 1.22. The first-order chi connectivity index (χ1) is 16.6. The maximum atomic E-state index is 6.62. The molecule has 0 radical (unpaired) electrons. The fourth-order valence-electron chi connectivity index (χ4n) is 4.29. The number of halogens is 4. The molecule has 196 valence electrons. The molecule has 36 heavy (non-hydrogen) atoms. The number of benzene rings is 3. The van der Waals surface area contributed by atoms with Crippen LogP contribution in [0.5, 0.6) is 11.5 Å².